The number of carbonyl (C=O) groups is 1. The normalized spacial score (nSPS) is 14.4. The van der Waals surface area contributed by atoms with Gasteiger partial charge in [0.2, 0.25) is 5.91 Å². The fourth-order valence-electron chi connectivity index (χ4n) is 3.12. The second kappa shape index (κ2) is 7.86. The van der Waals surface area contributed by atoms with Crippen molar-refractivity contribution < 1.29 is 9.53 Å². The third-order valence-corrected chi connectivity index (χ3v) is 4.35. The highest BCUT2D eigenvalue weighted by Crippen LogP contribution is 2.31. The maximum Gasteiger partial charge on any atom is 0.239 e. The Hall–Kier alpha value is -2.49. The first-order valence-electron chi connectivity index (χ1n) is 8.55. The number of hydrogen-bond acceptors (Lipinski definition) is 3. The van der Waals surface area contributed by atoms with Gasteiger partial charge in [0.25, 0.3) is 0 Å². The number of para-hydroxylation sites is 3. The van der Waals surface area contributed by atoms with E-state index < -0.39 is 0 Å². The average molecular weight is 324 g/mol. The minimum Gasteiger partial charge on any atom is -0.455 e. The van der Waals surface area contributed by atoms with Gasteiger partial charge < -0.3 is 15.0 Å². The van der Waals surface area contributed by atoms with Gasteiger partial charge in [0.15, 0.2) is 5.75 Å². The van der Waals surface area contributed by atoms with Crippen LogP contribution in [0.2, 0.25) is 0 Å². The number of carbonyl (C=O) groups excluding carboxylic acids is 1. The van der Waals surface area contributed by atoms with E-state index in [1.165, 1.54) is 12.8 Å². The SMILES string of the molecule is CN(CC(=O)NC1CCCC1)c1ccccc1Oc1ccccc1. The summed E-state index contributed by atoms with van der Waals surface area (Å²) < 4.78 is 5.97. The van der Waals surface area contributed by atoms with Crippen LogP contribution in [-0.2, 0) is 4.79 Å². The lowest BCUT2D eigenvalue weighted by Crippen LogP contribution is -2.40. The maximum absolute atomic E-state index is 12.3. The van der Waals surface area contributed by atoms with Gasteiger partial charge in [-0.3, -0.25) is 4.79 Å². The molecule has 1 N–H and O–H groups in total. The Bertz CT molecular complexity index is 666. The summed E-state index contributed by atoms with van der Waals surface area (Å²) in [4.78, 5) is 14.2. The fraction of sp³-hybridized carbons (Fsp3) is 0.350. The van der Waals surface area contributed by atoms with Crippen molar-refractivity contribution in [2.75, 3.05) is 18.5 Å². The van der Waals surface area contributed by atoms with Crippen molar-refractivity contribution in [1.29, 1.82) is 0 Å². The topological polar surface area (TPSA) is 41.6 Å². The number of hydrogen-bond donors (Lipinski definition) is 1. The van der Waals surface area contributed by atoms with Crippen LogP contribution < -0.4 is 15.0 Å². The van der Waals surface area contributed by atoms with Crippen LogP contribution in [0, 0.1) is 0 Å². The first-order valence-corrected chi connectivity index (χ1v) is 8.55. The van der Waals surface area contributed by atoms with Crippen molar-refractivity contribution in [1.82, 2.24) is 5.32 Å². The Balaban J connectivity index is 1.65. The van der Waals surface area contributed by atoms with Crippen molar-refractivity contribution in [3.8, 4) is 11.5 Å². The molecule has 1 aliphatic rings. The van der Waals surface area contributed by atoms with Crippen LogP contribution in [-0.4, -0.2) is 25.5 Å². The Kier molecular flexibility index (Phi) is 5.36. The minimum atomic E-state index is 0.0684. The molecule has 126 valence electrons. The number of nitrogens with zero attached hydrogens (tertiary/aromatic N) is 1. The minimum absolute atomic E-state index is 0.0684. The molecular formula is C20H24N2O2. The smallest absolute Gasteiger partial charge is 0.239 e. The molecule has 1 fully saturated rings. The highest BCUT2D eigenvalue weighted by atomic mass is 16.5. The largest absolute Gasteiger partial charge is 0.455 e. The third kappa shape index (κ3) is 4.28. The second-order valence-corrected chi connectivity index (χ2v) is 6.29. The molecule has 2 aromatic rings. The Morgan fingerprint density at radius 2 is 1.75 bits per heavy atom. The predicted octanol–water partition coefficient (Wildman–Crippen LogP) is 3.97. The van der Waals surface area contributed by atoms with Crippen LogP contribution in [0.3, 0.4) is 0 Å². The summed E-state index contributed by atoms with van der Waals surface area (Å²) in [7, 11) is 1.92. The molecule has 0 unspecified atom stereocenters. The van der Waals surface area contributed by atoms with E-state index in [1.807, 2.05) is 66.5 Å². The fourth-order valence-corrected chi connectivity index (χ4v) is 3.12. The molecule has 1 aliphatic carbocycles. The van der Waals surface area contributed by atoms with Gasteiger partial charge in [-0.1, -0.05) is 43.2 Å². The van der Waals surface area contributed by atoms with E-state index in [-0.39, 0.29) is 5.91 Å². The van der Waals surface area contributed by atoms with Crippen LogP contribution >= 0.6 is 0 Å². The molecule has 1 saturated carbocycles. The van der Waals surface area contributed by atoms with Crippen LogP contribution in [0.25, 0.3) is 0 Å². The molecule has 0 aromatic heterocycles. The lowest BCUT2D eigenvalue weighted by molar-refractivity contribution is -0.120. The number of likely N-dealkylation sites (N-methyl/N-ethyl adjacent to an activating group) is 1. The molecule has 4 heteroatoms. The lowest BCUT2D eigenvalue weighted by atomic mass is 10.2. The summed E-state index contributed by atoms with van der Waals surface area (Å²) in [6.07, 6.45) is 4.63. The van der Waals surface area contributed by atoms with E-state index in [2.05, 4.69) is 5.32 Å². The molecule has 0 bridgehead atoms. The second-order valence-electron chi connectivity index (χ2n) is 6.29. The van der Waals surface area contributed by atoms with Gasteiger partial charge in [-0.25, -0.2) is 0 Å². The van der Waals surface area contributed by atoms with Gasteiger partial charge in [0, 0.05) is 13.1 Å². The number of nitrogens with one attached hydrogen (secondary N) is 1. The van der Waals surface area contributed by atoms with Gasteiger partial charge >= 0.3 is 0 Å². The standard InChI is InChI=1S/C20H24N2O2/c1-22(15-20(23)21-16-9-5-6-10-16)18-13-7-8-14-19(18)24-17-11-3-2-4-12-17/h2-4,7-8,11-14,16H,5-6,9-10,15H2,1H3,(H,21,23). The summed E-state index contributed by atoms with van der Waals surface area (Å²) in [5.41, 5.74) is 0.905. The number of rotatable bonds is 6. The van der Waals surface area contributed by atoms with Crippen LogP contribution in [0.4, 0.5) is 5.69 Å². The van der Waals surface area contributed by atoms with Gasteiger partial charge in [-0.15, -0.1) is 0 Å². The number of amides is 1. The summed E-state index contributed by atoms with van der Waals surface area (Å²) in [6, 6.07) is 17.8. The molecule has 2 aromatic carbocycles. The number of anilines is 1. The Labute approximate surface area is 143 Å². The molecule has 0 aliphatic heterocycles. The summed E-state index contributed by atoms with van der Waals surface area (Å²) in [5, 5.41) is 3.13. The summed E-state index contributed by atoms with van der Waals surface area (Å²) in [5.74, 6) is 1.60. The first kappa shape index (κ1) is 16.4. The summed E-state index contributed by atoms with van der Waals surface area (Å²) >= 11 is 0. The van der Waals surface area contributed by atoms with Crippen molar-refractivity contribution in [3.63, 3.8) is 0 Å². The monoisotopic (exact) mass is 324 g/mol. The molecule has 0 heterocycles. The molecular weight excluding hydrogens is 300 g/mol. The molecule has 0 atom stereocenters. The number of ether oxygens (including phenoxy) is 1. The van der Waals surface area contributed by atoms with E-state index in [0.29, 0.717) is 12.6 Å². The molecule has 3 rings (SSSR count). The Morgan fingerprint density at radius 3 is 2.50 bits per heavy atom. The quantitative estimate of drug-likeness (QED) is 0.874. The van der Waals surface area contributed by atoms with E-state index in [0.717, 1.165) is 30.0 Å². The van der Waals surface area contributed by atoms with Crippen LogP contribution in [0.5, 0.6) is 11.5 Å². The molecule has 0 spiro atoms. The molecule has 24 heavy (non-hydrogen) atoms. The highest BCUT2D eigenvalue weighted by Gasteiger charge is 2.18. The molecule has 4 nitrogen and oxygen atoms in total. The zero-order valence-corrected chi connectivity index (χ0v) is 14.1. The average Bonchev–Trinajstić information content (AvgIpc) is 3.09. The molecule has 1 amide bonds. The van der Waals surface area contributed by atoms with Crippen molar-refractivity contribution in [3.05, 3.63) is 54.6 Å². The summed E-state index contributed by atoms with van der Waals surface area (Å²) in [6.45, 7) is 0.325. The zero-order chi connectivity index (χ0) is 16.8. The van der Waals surface area contributed by atoms with E-state index >= 15 is 0 Å². The van der Waals surface area contributed by atoms with Gasteiger partial charge in [-0.05, 0) is 37.1 Å². The Morgan fingerprint density at radius 1 is 1.08 bits per heavy atom. The van der Waals surface area contributed by atoms with Crippen molar-refractivity contribution in [2.24, 2.45) is 0 Å². The van der Waals surface area contributed by atoms with E-state index in [9.17, 15) is 4.79 Å². The van der Waals surface area contributed by atoms with Crippen LogP contribution in [0.15, 0.2) is 54.6 Å². The zero-order valence-electron chi connectivity index (χ0n) is 14.1. The van der Waals surface area contributed by atoms with Gasteiger partial charge in [-0.2, -0.15) is 0 Å². The lowest BCUT2D eigenvalue weighted by Gasteiger charge is -2.23. The first-order chi connectivity index (χ1) is 11.7. The molecule has 0 radical (unpaired) electrons. The van der Waals surface area contributed by atoms with E-state index in [4.69, 9.17) is 4.74 Å². The highest BCUT2D eigenvalue weighted by molar-refractivity contribution is 5.82. The van der Waals surface area contributed by atoms with Gasteiger partial charge in [0.05, 0.1) is 12.2 Å². The van der Waals surface area contributed by atoms with Crippen molar-refractivity contribution >= 4 is 11.6 Å². The van der Waals surface area contributed by atoms with Crippen molar-refractivity contribution in [2.45, 2.75) is 31.7 Å². The van der Waals surface area contributed by atoms with Gasteiger partial charge in [0.1, 0.15) is 5.75 Å². The van der Waals surface area contributed by atoms with E-state index in [1.54, 1.807) is 0 Å². The number of benzene rings is 2. The maximum atomic E-state index is 12.3. The predicted molar refractivity (Wildman–Crippen MR) is 96.6 cm³/mol. The third-order valence-electron chi connectivity index (χ3n) is 4.35. The van der Waals surface area contributed by atoms with Crippen LogP contribution in [0.1, 0.15) is 25.7 Å². The molecule has 0 saturated heterocycles.